The minimum atomic E-state index is 0.693. The average Bonchev–Trinajstić information content (AvgIpc) is 3.80. The summed E-state index contributed by atoms with van der Waals surface area (Å²) in [5, 5.41) is 8.55. The van der Waals surface area contributed by atoms with Crippen LogP contribution in [0.25, 0.3) is 131 Å². The fraction of sp³-hybridized carbons (Fsp3) is 0. The molecule has 3 aromatic heterocycles. The molecule has 0 radical (unpaired) electrons. The molecule has 0 spiro atoms. The molecule has 10 aromatic carbocycles. The van der Waals surface area contributed by atoms with Crippen molar-refractivity contribution in [3.8, 4) is 78.5 Å². The van der Waals surface area contributed by atoms with E-state index >= 15 is 0 Å². The SMILES string of the molecule is c1ccc(-c2cc(-c3ccccc3)nc(-c3ccc(-c4cccc(-c5nc6c(-c7ccc(-c8cccc9c8sc8ccccc89)cc7)cccc6c6c5ccc5ccccc56)c4)cc3)n2)cc1. The van der Waals surface area contributed by atoms with Gasteiger partial charge in [0, 0.05) is 64.1 Å². The molecule has 0 aliphatic carbocycles. The van der Waals surface area contributed by atoms with E-state index < -0.39 is 0 Å². The maximum atomic E-state index is 5.64. The second-order valence-corrected chi connectivity index (χ2v) is 18.1. The van der Waals surface area contributed by atoms with Gasteiger partial charge in [-0.3, -0.25) is 0 Å². The average molecular weight is 870 g/mol. The lowest BCUT2D eigenvalue weighted by Crippen LogP contribution is -1.96. The fourth-order valence-corrected chi connectivity index (χ4v) is 11.0. The molecule has 0 N–H and O–H groups in total. The molecule has 0 aliphatic rings. The first-order chi connectivity index (χ1) is 33.2. The molecule has 0 fully saturated rings. The number of aromatic nitrogens is 3. The van der Waals surface area contributed by atoms with E-state index in [0.717, 1.165) is 77.9 Å². The van der Waals surface area contributed by atoms with Crippen molar-refractivity contribution in [2.24, 2.45) is 0 Å². The largest absolute Gasteiger partial charge is 0.246 e. The number of para-hydroxylation sites is 1. The fourth-order valence-electron chi connectivity index (χ4n) is 9.80. The number of thiophene rings is 1. The lowest BCUT2D eigenvalue weighted by Gasteiger charge is -2.16. The molecule has 67 heavy (non-hydrogen) atoms. The van der Waals surface area contributed by atoms with Gasteiger partial charge in [0.15, 0.2) is 5.82 Å². The van der Waals surface area contributed by atoms with E-state index in [-0.39, 0.29) is 0 Å². The molecule has 0 saturated heterocycles. The van der Waals surface area contributed by atoms with E-state index in [2.05, 4.69) is 200 Å². The van der Waals surface area contributed by atoms with Crippen molar-refractivity contribution in [2.45, 2.75) is 0 Å². The normalized spacial score (nSPS) is 11.6. The van der Waals surface area contributed by atoms with Gasteiger partial charge in [-0.1, -0.05) is 218 Å². The summed E-state index contributed by atoms with van der Waals surface area (Å²) < 4.78 is 2.64. The van der Waals surface area contributed by atoms with Crippen LogP contribution < -0.4 is 0 Å². The van der Waals surface area contributed by atoms with Crippen LogP contribution in [0.4, 0.5) is 0 Å². The van der Waals surface area contributed by atoms with Gasteiger partial charge in [-0.2, -0.15) is 0 Å². The Bertz CT molecular complexity index is 3950. The first kappa shape index (κ1) is 38.9. The van der Waals surface area contributed by atoms with E-state index in [9.17, 15) is 0 Å². The Morgan fingerprint density at radius 1 is 0.299 bits per heavy atom. The summed E-state index contributed by atoms with van der Waals surface area (Å²) in [4.78, 5) is 15.8. The maximum Gasteiger partial charge on any atom is 0.160 e. The Morgan fingerprint density at radius 3 is 1.60 bits per heavy atom. The predicted molar refractivity (Wildman–Crippen MR) is 283 cm³/mol. The van der Waals surface area contributed by atoms with Crippen LogP contribution in [0.2, 0.25) is 0 Å². The van der Waals surface area contributed by atoms with E-state index in [0.29, 0.717) is 5.82 Å². The third kappa shape index (κ3) is 6.86. The molecular weight excluding hydrogens is 831 g/mol. The molecule has 3 nitrogen and oxygen atoms in total. The van der Waals surface area contributed by atoms with Crippen LogP contribution in [-0.2, 0) is 0 Å². The number of nitrogens with zero attached hydrogens (tertiary/aromatic N) is 3. The molecule has 13 rings (SSSR count). The van der Waals surface area contributed by atoms with Gasteiger partial charge >= 0.3 is 0 Å². The number of fused-ring (bicyclic) bond motifs is 8. The van der Waals surface area contributed by atoms with Gasteiger partial charge in [-0.05, 0) is 56.8 Å². The number of hydrogen-bond acceptors (Lipinski definition) is 4. The van der Waals surface area contributed by atoms with Gasteiger partial charge in [0.05, 0.1) is 22.6 Å². The molecule has 0 atom stereocenters. The zero-order valence-electron chi connectivity index (χ0n) is 36.3. The Balaban J connectivity index is 0.909. The number of benzene rings is 10. The van der Waals surface area contributed by atoms with Gasteiger partial charge in [0.25, 0.3) is 0 Å². The summed E-state index contributed by atoms with van der Waals surface area (Å²) >= 11 is 1.87. The minimum Gasteiger partial charge on any atom is -0.246 e. The minimum absolute atomic E-state index is 0.693. The second kappa shape index (κ2) is 16.1. The van der Waals surface area contributed by atoms with Gasteiger partial charge < -0.3 is 0 Å². The maximum absolute atomic E-state index is 5.64. The van der Waals surface area contributed by atoms with Crippen LogP contribution >= 0.6 is 11.3 Å². The molecule has 3 heterocycles. The molecule has 0 aliphatic heterocycles. The third-order valence-electron chi connectivity index (χ3n) is 13.1. The summed E-state index contributed by atoms with van der Waals surface area (Å²) in [5.41, 5.74) is 14.8. The summed E-state index contributed by atoms with van der Waals surface area (Å²) in [6.45, 7) is 0. The number of rotatable bonds is 7. The van der Waals surface area contributed by atoms with Crippen LogP contribution in [0.15, 0.2) is 237 Å². The van der Waals surface area contributed by atoms with Gasteiger partial charge in [0.1, 0.15) is 0 Å². The monoisotopic (exact) mass is 869 g/mol. The summed E-state index contributed by atoms with van der Waals surface area (Å²) in [7, 11) is 0. The van der Waals surface area contributed by atoms with Crippen LogP contribution in [0.3, 0.4) is 0 Å². The molecule has 4 heteroatoms. The Hall–Kier alpha value is -8.57. The molecule has 0 saturated carbocycles. The highest BCUT2D eigenvalue weighted by Gasteiger charge is 2.18. The van der Waals surface area contributed by atoms with Crippen molar-refractivity contribution in [1.29, 1.82) is 0 Å². The first-order valence-corrected chi connectivity index (χ1v) is 23.5. The van der Waals surface area contributed by atoms with Gasteiger partial charge in [-0.25, -0.2) is 15.0 Å². The zero-order chi connectivity index (χ0) is 44.3. The first-order valence-electron chi connectivity index (χ1n) is 22.7. The van der Waals surface area contributed by atoms with Crippen molar-refractivity contribution >= 4 is 64.0 Å². The van der Waals surface area contributed by atoms with E-state index in [4.69, 9.17) is 15.0 Å². The summed E-state index contributed by atoms with van der Waals surface area (Å²) in [6, 6.07) is 84.5. The smallest absolute Gasteiger partial charge is 0.160 e. The van der Waals surface area contributed by atoms with Crippen molar-refractivity contribution in [3.05, 3.63) is 237 Å². The van der Waals surface area contributed by atoms with Gasteiger partial charge in [-0.15, -0.1) is 11.3 Å². The number of pyridine rings is 1. The van der Waals surface area contributed by atoms with Crippen LogP contribution in [-0.4, -0.2) is 15.0 Å². The van der Waals surface area contributed by atoms with Crippen LogP contribution in [0.5, 0.6) is 0 Å². The molecule has 0 unspecified atom stereocenters. The zero-order valence-corrected chi connectivity index (χ0v) is 37.1. The van der Waals surface area contributed by atoms with Crippen molar-refractivity contribution in [3.63, 3.8) is 0 Å². The van der Waals surface area contributed by atoms with Crippen molar-refractivity contribution in [2.75, 3.05) is 0 Å². The highest BCUT2D eigenvalue weighted by Crippen LogP contribution is 2.43. The molecular formula is C63H39N3S. The quantitative estimate of drug-likeness (QED) is 0.150. The lowest BCUT2D eigenvalue weighted by atomic mass is 9.91. The Morgan fingerprint density at radius 2 is 0.851 bits per heavy atom. The molecule has 0 amide bonds. The Labute approximate surface area is 392 Å². The standard InChI is InChI=1S/C63H39N3S/c1-3-15-44(16-4-1)56-39-57(45-17-5-2-6-18-45)65-63(64-56)46-34-28-40(29-35-46)47-19-11-20-48(38-47)60-55-37-36-41-14-7-8-21-49(41)59(55)54-26-12-23-50(61(54)66-60)42-30-32-43(33-31-42)51-24-13-25-53-52-22-9-10-27-58(52)67-62(51)53/h1-39H. The third-order valence-corrected chi connectivity index (χ3v) is 14.3. The number of hydrogen-bond donors (Lipinski definition) is 0. The van der Waals surface area contributed by atoms with Crippen molar-refractivity contribution in [1.82, 2.24) is 15.0 Å². The van der Waals surface area contributed by atoms with E-state index in [1.807, 2.05) is 47.7 Å². The summed E-state index contributed by atoms with van der Waals surface area (Å²) in [5.74, 6) is 0.693. The predicted octanol–water partition coefficient (Wildman–Crippen LogP) is 17.4. The van der Waals surface area contributed by atoms with Gasteiger partial charge in [0.2, 0.25) is 0 Å². The highest BCUT2D eigenvalue weighted by molar-refractivity contribution is 7.26. The topological polar surface area (TPSA) is 38.7 Å². The molecule has 0 bridgehead atoms. The van der Waals surface area contributed by atoms with Crippen LogP contribution in [0, 0.1) is 0 Å². The van der Waals surface area contributed by atoms with E-state index in [1.165, 1.54) is 47.5 Å². The van der Waals surface area contributed by atoms with E-state index in [1.54, 1.807) is 0 Å². The Kier molecular flexibility index (Phi) is 9.36. The summed E-state index contributed by atoms with van der Waals surface area (Å²) in [6.07, 6.45) is 0. The molecule has 312 valence electrons. The molecule has 13 aromatic rings. The van der Waals surface area contributed by atoms with Crippen molar-refractivity contribution < 1.29 is 0 Å². The second-order valence-electron chi connectivity index (χ2n) is 17.1. The highest BCUT2D eigenvalue weighted by atomic mass is 32.1. The lowest BCUT2D eigenvalue weighted by molar-refractivity contribution is 1.18. The van der Waals surface area contributed by atoms with Crippen LogP contribution in [0.1, 0.15) is 0 Å².